The molecule has 29 heavy (non-hydrogen) atoms. The minimum atomic E-state index is 1.13. The molecule has 142 valence electrons. The van der Waals surface area contributed by atoms with Crippen molar-refractivity contribution in [1.29, 1.82) is 0 Å². The van der Waals surface area contributed by atoms with Gasteiger partial charge in [0.05, 0.1) is 0 Å². The van der Waals surface area contributed by atoms with Gasteiger partial charge in [0.25, 0.3) is 0 Å². The summed E-state index contributed by atoms with van der Waals surface area (Å²) in [6, 6.07) is 23.1. The van der Waals surface area contributed by atoms with Gasteiger partial charge in [0.2, 0.25) is 0 Å². The van der Waals surface area contributed by atoms with Gasteiger partial charge in [-0.15, -0.1) is 45.3 Å². The van der Waals surface area contributed by atoms with E-state index in [0.29, 0.717) is 0 Å². The molecule has 0 radical (unpaired) electrons. The largest absolute Gasteiger partial charge is 0.140 e. The van der Waals surface area contributed by atoms with E-state index >= 15 is 0 Å². The molecule has 0 fully saturated rings. The van der Waals surface area contributed by atoms with Crippen LogP contribution in [0.5, 0.6) is 0 Å². The molecule has 0 aliphatic rings. The molecular weight excluding hydrogens is 429 g/mol. The highest BCUT2D eigenvalue weighted by Crippen LogP contribution is 2.41. The Kier molecular flexibility index (Phi) is 4.17. The number of fused-ring (bicyclic) bond motifs is 3. The third-order valence-electron chi connectivity index (χ3n) is 5.35. The Bertz CT molecular complexity index is 1440. The highest BCUT2D eigenvalue weighted by atomic mass is 32.1. The molecule has 0 spiro atoms. The van der Waals surface area contributed by atoms with Crippen LogP contribution in [-0.2, 0) is 6.42 Å². The van der Waals surface area contributed by atoms with E-state index in [4.69, 9.17) is 0 Å². The first-order valence-electron chi connectivity index (χ1n) is 9.73. The first kappa shape index (κ1) is 17.8. The summed E-state index contributed by atoms with van der Waals surface area (Å²) >= 11 is 7.63. The Morgan fingerprint density at radius 2 is 1.14 bits per heavy atom. The second kappa shape index (κ2) is 6.78. The molecule has 0 N–H and O–H groups in total. The van der Waals surface area contributed by atoms with E-state index in [1.165, 1.54) is 60.2 Å². The van der Waals surface area contributed by atoms with Crippen molar-refractivity contribution in [3.63, 3.8) is 0 Å². The zero-order valence-electron chi connectivity index (χ0n) is 16.1. The monoisotopic (exact) mass is 446 g/mol. The summed E-state index contributed by atoms with van der Waals surface area (Å²) in [5.74, 6) is 0. The van der Waals surface area contributed by atoms with Crippen molar-refractivity contribution in [3.05, 3.63) is 70.4 Å². The Labute approximate surface area is 185 Å². The second-order valence-corrected chi connectivity index (χ2v) is 12.0. The predicted molar refractivity (Wildman–Crippen MR) is 135 cm³/mol. The predicted octanol–water partition coefficient (Wildman–Crippen LogP) is 9.60. The maximum absolute atomic E-state index is 2.36. The van der Waals surface area contributed by atoms with Crippen LogP contribution >= 0.6 is 45.3 Å². The van der Waals surface area contributed by atoms with Crippen LogP contribution in [0, 0.1) is 6.92 Å². The molecule has 6 aromatic rings. The summed E-state index contributed by atoms with van der Waals surface area (Å²) < 4.78 is 5.65. The number of thiophene rings is 4. The van der Waals surface area contributed by atoms with Crippen molar-refractivity contribution >= 4 is 74.9 Å². The Morgan fingerprint density at radius 3 is 1.69 bits per heavy atom. The van der Waals surface area contributed by atoms with Crippen LogP contribution in [0.15, 0.2) is 60.7 Å². The standard InChI is InChI=1S/C25H18S4/c1-3-19-11-23-25(27-19)13-21(29-23)18-7-5-15-9-17(6-4-16(15)10-18)20-12-24-22(28-20)8-14(2)26-24/h4-13H,3H2,1-2H3. The zero-order valence-corrected chi connectivity index (χ0v) is 19.4. The molecule has 0 aliphatic heterocycles. The van der Waals surface area contributed by atoms with Crippen molar-refractivity contribution in [2.45, 2.75) is 20.3 Å². The van der Waals surface area contributed by atoms with Gasteiger partial charge in [0.15, 0.2) is 0 Å². The second-order valence-electron chi connectivity index (χ2n) is 7.38. The van der Waals surface area contributed by atoms with Crippen LogP contribution in [0.1, 0.15) is 16.7 Å². The molecule has 0 aliphatic carbocycles. The lowest BCUT2D eigenvalue weighted by Gasteiger charge is -2.04. The summed E-state index contributed by atoms with van der Waals surface area (Å²) in [4.78, 5) is 5.60. The SMILES string of the molecule is CCc1cc2sc(-c3ccc4cc(-c5cc6sc(C)cc6s5)ccc4c3)cc2s1. The first-order chi connectivity index (χ1) is 14.2. The van der Waals surface area contributed by atoms with Crippen molar-refractivity contribution in [1.82, 2.24) is 0 Å². The third kappa shape index (κ3) is 3.06. The normalized spacial score (nSPS) is 11.9. The number of rotatable bonds is 3. The van der Waals surface area contributed by atoms with Crippen molar-refractivity contribution in [3.8, 4) is 20.9 Å². The topological polar surface area (TPSA) is 0 Å². The number of hydrogen-bond donors (Lipinski definition) is 0. The van der Waals surface area contributed by atoms with Crippen LogP contribution < -0.4 is 0 Å². The number of hydrogen-bond acceptors (Lipinski definition) is 4. The fourth-order valence-corrected chi connectivity index (χ4v) is 8.52. The quantitative estimate of drug-likeness (QED) is 0.254. The molecular formula is C25H18S4. The number of aryl methyl sites for hydroxylation is 2. The van der Waals surface area contributed by atoms with Gasteiger partial charge in [0, 0.05) is 38.3 Å². The Balaban J connectivity index is 1.38. The molecule has 4 aromatic heterocycles. The molecule has 0 unspecified atom stereocenters. The van der Waals surface area contributed by atoms with E-state index in [2.05, 4.69) is 74.5 Å². The summed E-state index contributed by atoms with van der Waals surface area (Å²) in [6.45, 7) is 4.42. The minimum Gasteiger partial charge on any atom is -0.140 e. The van der Waals surface area contributed by atoms with Crippen LogP contribution in [0.2, 0.25) is 0 Å². The molecule has 2 aromatic carbocycles. The summed E-state index contributed by atoms with van der Waals surface area (Å²) in [5.41, 5.74) is 2.64. The lowest BCUT2D eigenvalue weighted by Crippen LogP contribution is -1.78. The highest BCUT2D eigenvalue weighted by molar-refractivity contribution is 7.30. The average molecular weight is 447 g/mol. The fraction of sp³-hybridized carbons (Fsp3) is 0.120. The van der Waals surface area contributed by atoms with Crippen LogP contribution in [0.4, 0.5) is 0 Å². The Morgan fingerprint density at radius 1 is 0.586 bits per heavy atom. The molecule has 0 atom stereocenters. The van der Waals surface area contributed by atoms with Gasteiger partial charge in [0.1, 0.15) is 0 Å². The average Bonchev–Trinajstić information content (AvgIpc) is 3.45. The summed E-state index contributed by atoms with van der Waals surface area (Å²) in [7, 11) is 0. The zero-order chi connectivity index (χ0) is 19.5. The molecule has 0 saturated heterocycles. The first-order valence-corrected chi connectivity index (χ1v) is 13.0. The maximum Gasteiger partial charge on any atom is 0.0460 e. The van der Waals surface area contributed by atoms with Crippen LogP contribution in [-0.4, -0.2) is 0 Å². The van der Waals surface area contributed by atoms with Crippen LogP contribution in [0.25, 0.3) is 50.5 Å². The van der Waals surface area contributed by atoms with Gasteiger partial charge < -0.3 is 0 Å². The molecule has 4 heterocycles. The van der Waals surface area contributed by atoms with E-state index in [-0.39, 0.29) is 0 Å². The summed E-state index contributed by atoms with van der Waals surface area (Å²) in [6.07, 6.45) is 1.13. The van der Waals surface area contributed by atoms with E-state index in [1.54, 1.807) is 0 Å². The van der Waals surface area contributed by atoms with Crippen molar-refractivity contribution < 1.29 is 0 Å². The lowest BCUT2D eigenvalue weighted by molar-refractivity contribution is 1.19. The smallest absolute Gasteiger partial charge is 0.0460 e. The van der Waals surface area contributed by atoms with E-state index in [1.807, 2.05) is 45.3 Å². The van der Waals surface area contributed by atoms with Crippen molar-refractivity contribution in [2.24, 2.45) is 0 Å². The van der Waals surface area contributed by atoms with Gasteiger partial charge >= 0.3 is 0 Å². The molecule has 4 heteroatoms. The maximum atomic E-state index is 2.36. The number of benzene rings is 2. The third-order valence-corrected chi connectivity index (χ3v) is 10.1. The minimum absolute atomic E-state index is 1.13. The van der Waals surface area contributed by atoms with Crippen molar-refractivity contribution in [2.75, 3.05) is 0 Å². The van der Waals surface area contributed by atoms with E-state index in [9.17, 15) is 0 Å². The molecule has 0 nitrogen and oxygen atoms in total. The fourth-order valence-electron chi connectivity index (χ4n) is 3.85. The van der Waals surface area contributed by atoms with Gasteiger partial charge in [-0.2, -0.15) is 0 Å². The molecule has 0 bridgehead atoms. The molecule has 0 saturated carbocycles. The van der Waals surface area contributed by atoms with Crippen LogP contribution in [0.3, 0.4) is 0 Å². The van der Waals surface area contributed by atoms with E-state index in [0.717, 1.165) is 6.42 Å². The molecule has 0 amide bonds. The van der Waals surface area contributed by atoms with Gasteiger partial charge in [-0.25, -0.2) is 0 Å². The van der Waals surface area contributed by atoms with E-state index < -0.39 is 0 Å². The molecule has 6 rings (SSSR count). The van der Waals surface area contributed by atoms with Gasteiger partial charge in [-0.1, -0.05) is 31.2 Å². The Hall–Kier alpha value is -1.98. The summed E-state index contributed by atoms with van der Waals surface area (Å²) in [5, 5.41) is 2.62. The van der Waals surface area contributed by atoms with Gasteiger partial charge in [-0.3, -0.25) is 0 Å². The highest BCUT2D eigenvalue weighted by Gasteiger charge is 2.10. The lowest BCUT2D eigenvalue weighted by atomic mass is 10.0. The van der Waals surface area contributed by atoms with Gasteiger partial charge in [-0.05, 0) is 71.6 Å².